The van der Waals surface area contributed by atoms with Crippen molar-refractivity contribution < 1.29 is 13.2 Å². The van der Waals surface area contributed by atoms with Gasteiger partial charge >= 0.3 is 0 Å². The average Bonchev–Trinajstić information content (AvgIpc) is 2.31. The molecule has 0 saturated heterocycles. The minimum atomic E-state index is -3.75. The number of nitrogens with two attached hydrogens (primary N) is 1. The molecule has 3 N–H and O–H groups in total. The molecular weight excluding hydrogens is 252 g/mol. The standard InChI is InChI=1S/C12H18N2O3S/c1-4-14-12(15)9(3)18(16,17)10-7-5-6-8(2)11(10)13/h5-7,9H,4,13H2,1-3H3,(H,14,15). The molecule has 0 spiro atoms. The van der Waals surface area contributed by atoms with E-state index < -0.39 is 21.0 Å². The Morgan fingerprint density at radius 3 is 2.61 bits per heavy atom. The van der Waals surface area contributed by atoms with Gasteiger partial charge in [-0.15, -0.1) is 0 Å². The van der Waals surface area contributed by atoms with E-state index in [-0.39, 0.29) is 10.6 Å². The number of anilines is 1. The summed E-state index contributed by atoms with van der Waals surface area (Å²) in [6.07, 6.45) is 0. The van der Waals surface area contributed by atoms with Crippen molar-refractivity contribution in [2.75, 3.05) is 12.3 Å². The molecule has 0 fully saturated rings. The van der Waals surface area contributed by atoms with E-state index in [1.807, 2.05) is 0 Å². The molecule has 1 aromatic rings. The molecule has 0 radical (unpaired) electrons. The van der Waals surface area contributed by atoms with Crippen LogP contribution in [0.1, 0.15) is 19.4 Å². The molecule has 0 heterocycles. The second-order valence-electron chi connectivity index (χ2n) is 4.07. The minimum absolute atomic E-state index is 0.0150. The Kier molecular flexibility index (Phi) is 4.34. The SMILES string of the molecule is CCNC(=O)C(C)S(=O)(=O)c1cccc(C)c1N. The van der Waals surface area contributed by atoms with Gasteiger partial charge in [-0.25, -0.2) is 8.42 Å². The number of hydrogen-bond donors (Lipinski definition) is 2. The maximum atomic E-state index is 12.3. The molecular formula is C12H18N2O3S. The summed E-state index contributed by atoms with van der Waals surface area (Å²) in [6, 6.07) is 4.77. The molecule has 0 bridgehead atoms. The third-order valence-electron chi connectivity index (χ3n) is 2.78. The van der Waals surface area contributed by atoms with Crippen molar-refractivity contribution in [2.24, 2.45) is 0 Å². The first-order chi connectivity index (χ1) is 8.32. The molecule has 1 unspecified atom stereocenters. The molecule has 0 aliphatic carbocycles. The van der Waals surface area contributed by atoms with Crippen LogP contribution in [-0.2, 0) is 14.6 Å². The first kappa shape index (κ1) is 14.5. The molecule has 0 aliphatic rings. The predicted molar refractivity (Wildman–Crippen MR) is 70.9 cm³/mol. The number of carbonyl (C=O) groups excluding carboxylic acids is 1. The second kappa shape index (κ2) is 5.39. The van der Waals surface area contributed by atoms with Gasteiger partial charge in [-0.05, 0) is 32.4 Å². The number of nitrogen functional groups attached to an aromatic ring is 1. The molecule has 1 rings (SSSR count). The van der Waals surface area contributed by atoms with Gasteiger partial charge in [0.15, 0.2) is 9.84 Å². The van der Waals surface area contributed by atoms with Crippen molar-refractivity contribution in [3.05, 3.63) is 23.8 Å². The third kappa shape index (κ3) is 2.64. The van der Waals surface area contributed by atoms with Crippen molar-refractivity contribution in [1.29, 1.82) is 0 Å². The molecule has 6 heteroatoms. The maximum absolute atomic E-state index is 12.3. The monoisotopic (exact) mass is 270 g/mol. The second-order valence-corrected chi connectivity index (χ2v) is 6.31. The Bertz CT molecular complexity index is 552. The fraction of sp³-hybridized carbons (Fsp3) is 0.417. The number of carbonyl (C=O) groups is 1. The van der Waals surface area contributed by atoms with Gasteiger partial charge in [-0.2, -0.15) is 0 Å². The Balaban J connectivity index is 3.22. The fourth-order valence-electron chi connectivity index (χ4n) is 1.55. The Morgan fingerprint density at radius 2 is 2.06 bits per heavy atom. The number of rotatable bonds is 4. The zero-order chi connectivity index (χ0) is 13.9. The lowest BCUT2D eigenvalue weighted by Crippen LogP contribution is -2.38. The van der Waals surface area contributed by atoms with Gasteiger partial charge in [0.2, 0.25) is 5.91 Å². The van der Waals surface area contributed by atoms with Crippen LogP contribution in [0.15, 0.2) is 23.1 Å². The number of hydrogen-bond acceptors (Lipinski definition) is 4. The van der Waals surface area contributed by atoms with Crippen LogP contribution < -0.4 is 11.1 Å². The molecule has 1 aromatic carbocycles. The zero-order valence-corrected chi connectivity index (χ0v) is 11.5. The van der Waals surface area contributed by atoms with Gasteiger partial charge in [0, 0.05) is 6.54 Å². The van der Waals surface area contributed by atoms with E-state index >= 15 is 0 Å². The van der Waals surface area contributed by atoms with E-state index in [0.29, 0.717) is 12.1 Å². The smallest absolute Gasteiger partial charge is 0.238 e. The third-order valence-corrected chi connectivity index (χ3v) is 4.89. The normalized spacial score (nSPS) is 13.1. The Labute approximate surface area is 107 Å². The molecule has 100 valence electrons. The average molecular weight is 270 g/mol. The first-order valence-corrected chi connectivity index (χ1v) is 7.23. The lowest BCUT2D eigenvalue weighted by atomic mass is 10.2. The van der Waals surface area contributed by atoms with Crippen LogP contribution in [0.3, 0.4) is 0 Å². The lowest BCUT2D eigenvalue weighted by Gasteiger charge is -2.15. The quantitative estimate of drug-likeness (QED) is 0.795. The summed E-state index contributed by atoms with van der Waals surface area (Å²) in [5, 5.41) is 1.34. The van der Waals surface area contributed by atoms with Crippen LogP contribution in [-0.4, -0.2) is 26.1 Å². The highest BCUT2D eigenvalue weighted by molar-refractivity contribution is 7.93. The van der Waals surface area contributed by atoms with Gasteiger partial charge in [0.25, 0.3) is 0 Å². The van der Waals surface area contributed by atoms with Crippen LogP contribution in [0.2, 0.25) is 0 Å². The number of aryl methyl sites for hydroxylation is 1. The molecule has 0 aromatic heterocycles. The Hall–Kier alpha value is -1.56. The number of benzene rings is 1. The predicted octanol–water partition coefficient (Wildman–Crippen LogP) is 0.876. The summed E-state index contributed by atoms with van der Waals surface area (Å²) in [7, 11) is -3.75. The largest absolute Gasteiger partial charge is 0.397 e. The van der Waals surface area contributed by atoms with E-state index in [1.165, 1.54) is 13.0 Å². The van der Waals surface area contributed by atoms with Gasteiger partial charge < -0.3 is 11.1 Å². The zero-order valence-electron chi connectivity index (χ0n) is 10.7. The van der Waals surface area contributed by atoms with Crippen molar-refractivity contribution >= 4 is 21.4 Å². The summed E-state index contributed by atoms with van der Waals surface area (Å²) in [4.78, 5) is 11.6. The highest BCUT2D eigenvalue weighted by Crippen LogP contribution is 2.25. The number of nitrogens with one attached hydrogen (secondary N) is 1. The number of amides is 1. The topological polar surface area (TPSA) is 89.3 Å². The van der Waals surface area contributed by atoms with Gasteiger partial charge in [0.1, 0.15) is 5.25 Å². The summed E-state index contributed by atoms with van der Waals surface area (Å²) in [5.41, 5.74) is 6.65. The fourth-order valence-corrected chi connectivity index (χ4v) is 3.03. The van der Waals surface area contributed by atoms with Crippen LogP contribution >= 0.6 is 0 Å². The molecule has 1 amide bonds. The van der Waals surface area contributed by atoms with Crippen LogP contribution in [0, 0.1) is 6.92 Å². The highest BCUT2D eigenvalue weighted by atomic mass is 32.2. The van der Waals surface area contributed by atoms with Crippen molar-refractivity contribution in [3.63, 3.8) is 0 Å². The lowest BCUT2D eigenvalue weighted by molar-refractivity contribution is -0.120. The van der Waals surface area contributed by atoms with Crippen LogP contribution in [0.25, 0.3) is 0 Å². The van der Waals surface area contributed by atoms with E-state index in [1.54, 1.807) is 26.0 Å². The molecule has 0 saturated carbocycles. The first-order valence-electron chi connectivity index (χ1n) is 5.69. The van der Waals surface area contributed by atoms with E-state index in [4.69, 9.17) is 5.73 Å². The highest BCUT2D eigenvalue weighted by Gasteiger charge is 2.31. The van der Waals surface area contributed by atoms with Gasteiger partial charge in [0.05, 0.1) is 10.6 Å². The van der Waals surface area contributed by atoms with Crippen LogP contribution in [0.5, 0.6) is 0 Å². The summed E-state index contributed by atoms with van der Waals surface area (Å²) < 4.78 is 24.6. The van der Waals surface area contributed by atoms with Crippen LogP contribution in [0.4, 0.5) is 5.69 Å². The Morgan fingerprint density at radius 1 is 1.44 bits per heavy atom. The molecule has 0 aliphatic heterocycles. The van der Waals surface area contributed by atoms with E-state index in [0.717, 1.165) is 0 Å². The molecule has 5 nitrogen and oxygen atoms in total. The van der Waals surface area contributed by atoms with Crippen molar-refractivity contribution in [3.8, 4) is 0 Å². The van der Waals surface area contributed by atoms with Crippen molar-refractivity contribution in [1.82, 2.24) is 5.32 Å². The molecule has 1 atom stereocenters. The molecule has 18 heavy (non-hydrogen) atoms. The number of sulfone groups is 1. The van der Waals surface area contributed by atoms with Gasteiger partial charge in [-0.3, -0.25) is 4.79 Å². The maximum Gasteiger partial charge on any atom is 0.238 e. The van der Waals surface area contributed by atoms with Crippen molar-refractivity contribution in [2.45, 2.75) is 30.9 Å². The number of para-hydroxylation sites is 1. The summed E-state index contributed by atoms with van der Waals surface area (Å²) in [5.74, 6) is -0.515. The summed E-state index contributed by atoms with van der Waals surface area (Å²) >= 11 is 0. The van der Waals surface area contributed by atoms with Gasteiger partial charge in [-0.1, -0.05) is 12.1 Å². The minimum Gasteiger partial charge on any atom is -0.397 e. The van der Waals surface area contributed by atoms with E-state index in [2.05, 4.69) is 5.32 Å². The van der Waals surface area contributed by atoms with E-state index in [9.17, 15) is 13.2 Å². The summed E-state index contributed by atoms with van der Waals surface area (Å²) in [6.45, 7) is 5.22.